The standard InChI is InChI=1S/C45H43N3O5/c1-44(2)38-26-31(46-3)10-15-34(38)41-36-27-39(48-20-24-52-25-21-48)40(50-5)28-37(36)43-35(42(41)44)16-17-45(53-43,30-8-13-33(49-4)14-9-30)29-6-11-32(12-7-29)47-18-22-51-23-19-47/h6-17,26-28H,18-25H2,1-2,4-5H3. The summed E-state index contributed by atoms with van der Waals surface area (Å²) in [6.07, 6.45) is 4.49. The smallest absolute Gasteiger partial charge is 0.187 e. The highest BCUT2D eigenvalue weighted by Crippen LogP contribution is 2.59. The van der Waals surface area contributed by atoms with Gasteiger partial charge in [0.1, 0.15) is 17.2 Å². The number of fused-ring (bicyclic) bond motifs is 8. The maximum absolute atomic E-state index is 7.82. The number of nitrogens with zero attached hydrogens (tertiary/aromatic N) is 3. The molecule has 1 atom stereocenters. The number of benzene rings is 5. The molecule has 4 aliphatic rings. The summed E-state index contributed by atoms with van der Waals surface area (Å²) in [6.45, 7) is 18.5. The summed E-state index contributed by atoms with van der Waals surface area (Å²) in [5.74, 6) is 2.39. The molecule has 0 N–H and O–H groups in total. The lowest BCUT2D eigenvalue weighted by molar-refractivity contribution is 0.122. The molecule has 3 aliphatic heterocycles. The summed E-state index contributed by atoms with van der Waals surface area (Å²) in [4.78, 5) is 8.54. The van der Waals surface area contributed by atoms with Crippen molar-refractivity contribution in [3.05, 3.63) is 124 Å². The first-order chi connectivity index (χ1) is 25.9. The molecule has 8 heteroatoms. The van der Waals surface area contributed by atoms with E-state index in [0.29, 0.717) is 18.9 Å². The van der Waals surface area contributed by atoms with Gasteiger partial charge in [0.05, 0.1) is 52.9 Å². The zero-order chi connectivity index (χ0) is 36.3. The number of hydrogen-bond acceptors (Lipinski definition) is 7. The SMILES string of the molecule is [C-]#[N+]c1ccc2c(c1)C(C)(C)c1c3c(c4cc(OC)c(N5CCOCC5)cc4c1-2)OC(c1ccc(OC)cc1)(c1ccc(N2CCOCC2)cc1)C=C3. The fourth-order valence-corrected chi connectivity index (χ4v) is 8.83. The molecular weight excluding hydrogens is 663 g/mol. The van der Waals surface area contributed by atoms with Crippen molar-refractivity contribution in [1.29, 1.82) is 0 Å². The van der Waals surface area contributed by atoms with Crippen LogP contribution in [0.15, 0.2) is 84.9 Å². The Morgan fingerprint density at radius 3 is 2.04 bits per heavy atom. The summed E-state index contributed by atoms with van der Waals surface area (Å²) < 4.78 is 30.7. The van der Waals surface area contributed by atoms with Crippen LogP contribution in [0.1, 0.15) is 41.7 Å². The molecule has 53 heavy (non-hydrogen) atoms. The first-order valence-corrected chi connectivity index (χ1v) is 18.4. The maximum Gasteiger partial charge on any atom is 0.187 e. The van der Waals surface area contributed by atoms with Gasteiger partial charge >= 0.3 is 0 Å². The van der Waals surface area contributed by atoms with Crippen LogP contribution in [0.2, 0.25) is 0 Å². The van der Waals surface area contributed by atoms with E-state index >= 15 is 0 Å². The molecule has 8 nitrogen and oxygen atoms in total. The normalized spacial score (nSPS) is 19.9. The minimum Gasteiger partial charge on any atom is -0.497 e. The summed E-state index contributed by atoms with van der Waals surface area (Å²) in [5, 5.41) is 2.09. The quantitative estimate of drug-likeness (QED) is 0.164. The average molecular weight is 706 g/mol. The van der Waals surface area contributed by atoms with Gasteiger partial charge in [0, 0.05) is 59.4 Å². The van der Waals surface area contributed by atoms with Gasteiger partial charge in [-0.3, -0.25) is 0 Å². The molecular formula is C45H43N3O5. The molecule has 2 saturated heterocycles. The lowest BCUT2D eigenvalue weighted by atomic mass is 9.76. The van der Waals surface area contributed by atoms with E-state index in [1.165, 1.54) is 16.8 Å². The predicted molar refractivity (Wildman–Crippen MR) is 210 cm³/mol. The van der Waals surface area contributed by atoms with Crippen molar-refractivity contribution in [1.82, 2.24) is 0 Å². The molecule has 0 saturated carbocycles. The topological polar surface area (TPSA) is 57.0 Å². The second kappa shape index (κ2) is 12.9. The number of methoxy groups -OCH3 is 2. The lowest BCUT2D eigenvalue weighted by Crippen LogP contribution is -2.37. The number of ether oxygens (including phenoxy) is 5. The fraction of sp³-hybridized carbons (Fsp3) is 0.311. The molecule has 0 bridgehead atoms. The highest BCUT2D eigenvalue weighted by Gasteiger charge is 2.44. The summed E-state index contributed by atoms with van der Waals surface area (Å²) in [7, 11) is 3.43. The Balaban J connectivity index is 1.30. The third-order valence-corrected chi connectivity index (χ3v) is 11.6. The zero-order valence-corrected chi connectivity index (χ0v) is 30.7. The van der Waals surface area contributed by atoms with Crippen LogP contribution >= 0.6 is 0 Å². The van der Waals surface area contributed by atoms with E-state index in [1.807, 2.05) is 18.2 Å². The minimum atomic E-state index is -0.938. The molecule has 0 aromatic heterocycles. The predicted octanol–water partition coefficient (Wildman–Crippen LogP) is 8.74. The van der Waals surface area contributed by atoms with E-state index < -0.39 is 11.0 Å². The molecule has 0 radical (unpaired) electrons. The van der Waals surface area contributed by atoms with Crippen molar-refractivity contribution in [3.63, 3.8) is 0 Å². The highest BCUT2D eigenvalue weighted by molar-refractivity contribution is 6.10. The van der Waals surface area contributed by atoms with Gasteiger partial charge in [0.25, 0.3) is 0 Å². The van der Waals surface area contributed by atoms with Gasteiger partial charge in [0.15, 0.2) is 11.3 Å². The molecule has 5 aromatic carbocycles. The molecule has 3 heterocycles. The van der Waals surface area contributed by atoms with Crippen LogP contribution in [-0.2, 0) is 20.5 Å². The largest absolute Gasteiger partial charge is 0.497 e. The average Bonchev–Trinajstić information content (AvgIpc) is 3.46. The highest BCUT2D eigenvalue weighted by atomic mass is 16.5. The van der Waals surface area contributed by atoms with E-state index in [1.54, 1.807) is 14.2 Å². The summed E-state index contributed by atoms with van der Waals surface area (Å²) >= 11 is 0. The second-order valence-electron chi connectivity index (χ2n) is 14.7. The van der Waals surface area contributed by atoms with Crippen LogP contribution in [0.3, 0.4) is 0 Å². The Morgan fingerprint density at radius 2 is 1.40 bits per heavy atom. The monoisotopic (exact) mass is 705 g/mol. The van der Waals surface area contributed by atoms with Crippen molar-refractivity contribution in [3.8, 4) is 28.4 Å². The van der Waals surface area contributed by atoms with Crippen molar-refractivity contribution < 1.29 is 23.7 Å². The third-order valence-electron chi connectivity index (χ3n) is 11.6. The van der Waals surface area contributed by atoms with Crippen LogP contribution in [0, 0.1) is 6.57 Å². The molecule has 9 rings (SSSR count). The fourth-order valence-electron chi connectivity index (χ4n) is 8.83. The van der Waals surface area contributed by atoms with E-state index in [2.05, 4.69) is 101 Å². The van der Waals surface area contributed by atoms with Gasteiger partial charge < -0.3 is 33.5 Å². The Kier molecular flexibility index (Phi) is 8.10. The minimum absolute atomic E-state index is 0.393. The van der Waals surface area contributed by atoms with Crippen molar-refractivity contribution in [2.75, 3.05) is 76.6 Å². The van der Waals surface area contributed by atoms with Crippen LogP contribution < -0.4 is 24.0 Å². The first-order valence-electron chi connectivity index (χ1n) is 18.4. The van der Waals surface area contributed by atoms with Gasteiger partial charge in [-0.15, -0.1) is 0 Å². The summed E-state index contributed by atoms with van der Waals surface area (Å²) in [5.41, 5.74) is 9.29. The van der Waals surface area contributed by atoms with Gasteiger partial charge in [-0.25, -0.2) is 4.85 Å². The number of hydrogen-bond donors (Lipinski definition) is 0. The van der Waals surface area contributed by atoms with Crippen LogP contribution in [0.25, 0.3) is 32.8 Å². The van der Waals surface area contributed by atoms with Gasteiger partial charge in [-0.2, -0.15) is 0 Å². The second-order valence-corrected chi connectivity index (χ2v) is 14.7. The Morgan fingerprint density at radius 1 is 0.736 bits per heavy atom. The van der Waals surface area contributed by atoms with E-state index in [9.17, 15) is 0 Å². The Bertz CT molecular complexity index is 2300. The Hall–Kier alpha value is -5.49. The van der Waals surface area contributed by atoms with Crippen molar-refractivity contribution in [2.24, 2.45) is 0 Å². The van der Waals surface area contributed by atoms with Crippen LogP contribution in [-0.4, -0.2) is 66.8 Å². The van der Waals surface area contributed by atoms with Crippen LogP contribution in [0.4, 0.5) is 17.1 Å². The van der Waals surface area contributed by atoms with Gasteiger partial charge in [-0.05, 0) is 70.1 Å². The van der Waals surface area contributed by atoms with Crippen molar-refractivity contribution in [2.45, 2.75) is 24.9 Å². The van der Waals surface area contributed by atoms with E-state index in [-0.39, 0.29) is 0 Å². The molecule has 0 spiro atoms. The van der Waals surface area contributed by atoms with E-state index in [4.69, 9.17) is 30.3 Å². The zero-order valence-electron chi connectivity index (χ0n) is 30.7. The first kappa shape index (κ1) is 33.4. The van der Waals surface area contributed by atoms with Gasteiger partial charge in [0.2, 0.25) is 0 Å². The molecule has 268 valence electrons. The molecule has 1 aliphatic carbocycles. The lowest BCUT2D eigenvalue weighted by Gasteiger charge is -2.39. The molecule has 1 unspecified atom stereocenters. The van der Waals surface area contributed by atoms with Crippen LogP contribution in [0.5, 0.6) is 17.2 Å². The number of anilines is 2. The van der Waals surface area contributed by atoms with Crippen molar-refractivity contribution >= 4 is 33.9 Å². The Labute approximate surface area is 310 Å². The number of morpholine rings is 2. The summed E-state index contributed by atoms with van der Waals surface area (Å²) in [6, 6.07) is 27.6. The molecule has 5 aromatic rings. The molecule has 0 amide bonds. The van der Waals surface area contributed by atoms with E-state index in [0.717, 1.165) is 101 Å². The van der Waals surface area contributed by atoms with Gasteiger partial charge in [-0.1, -0.05) is 62.4 Å². The molecule has 2 fully saturated rings. The third kappa shape index (κ3) is 5.25. The maximum atomic E-state index is 7.82. The number of rotatable bonds is 6.